The van der Waals surface area contributed by atoms with Crippen LogP contribution in [0.1, 0.15) is 40.7 Å². The molecule has 1 aliphatic carbocycles. The number of nitrogens with one attached hydrogen (secondary N) is 3. The first kappa shape index (κ1) is 21.3. The number of fused-ring (bicyclic) bond motifs is 1. The number of rotatable bonds is 3. The zero-order valence-corrected chi connectivity index (χ0v) is 17.6. The normalized spacial score (nSPS) is 20.2. The molecule has 2 atom stereocenters. The highest BCUT2D eigenvalue weighted by molar-refractivity contribution is 7.10. The van der Waals surface area contributed by atoms with Gasteiger partial charge in [-0.25, -0.2) is 4.79 Å². The summed E-state index contributed by atoms with van der Waals surface area (Å²) < 4.78 is 41.6. The monoisotopic (exact) mass is 475 g/mol. The van der Waals surface area contributed by atoms with Gasteiger partial charge in [0.25, 0.3) is 5.56 Å². The highest BCUT2D eigenvalue weighted by Gasteiger charge is 2.40. The van der Waals surface area contributed by atoms with E-state index in [0.717, 1.165) is 17.0 Å². The van der Waals surface area contributed by atoms with Gasteiger partial charge in [-0.1, -0.05) is 18.2 Å². The summed E-state index contributed by atoms with van der Waals surface area (Å²) in [5.41, 5.74) is 0.124. The quantitative estimate of drug-likeness (QED) is 0.532. The first-order valence-corrected chi connectivity index (χ1v) is 10.9. The Bertz CT molecular complexity index is 1370. The fourth-order valence-corrected chi connectivity index (χ4v) is 5.30. The highest BCUT2D eigenvalue weighted by Crippen LogP contribution is 2.46. The van der Waals surface area contributed by atoms with Crippen LogP contribution in [0, 0.1) is 0 Å². The second kappa shape index (κ2) is 7.77. The number of anilines is 1. The van der Waals surface area contributed by atoms with E-state index in [1.807, 2.05) is 17.5 Å². The number of hydrogen-bond acceptors (Lipinski definition) is 6. The molecule has 1 aliphatic heterocycles. The maximum absolute atomic E-state index is 13.3. The first-order valence-electron chi connectivity index (χ1n) is 9.98. The predicted molar refractivity (Wildman–Crippen MR) is 115 cm³/mol. The fourth-order valence-electron chi connectivity index (χ4n) is 4.47. The molecule has 0 amide bonds. The number of thiophene rings is 1. The third-order valence-electron chi connectivity index (χ3n) is 5.73. The van der Waals surface area contributed by atoms with Gasteiger partial charge in [-0.3, -0.25) is 19.6 Å². The number of hydrogen-bond donors (Lipinski definition) is 3. The number of carbonyl (C=O) groups is 1. The molecule has 7 nitrogen and oxygen atoms in total. The van der Waals surface area contributed by atoms with E-state index in [1.165, 1.54) is 12.1 Å². The number of ether oxygens (including phenoxy) is 1. The average molecular weight is 475 g/mol. The maximum atomic E-state index is 13.3. The molecule has 5 rings (SSSR count). The topological polar surface area (TPSA) is 104 Å². The van der Waals surface area contributed by atoms with Crippen LogP contribution in [0.2, 0.25) is 0 Å². The zero-order chi connectivity index (χ0) is 23.3. The van der Waals surface area contributed by atoms with Crippen LogP contribution in [0.5, 0.6) is 5.75 Å². The summed E-state index contributed by atoms with van der Waals surface area (Å²) in [6.07, 6.45) is -4.11. The van der Waals surface area contributed by atoms with Crippen molar-refractivity contribution in [3.05, 3.63) is 89.9 Å². The van der Waals surface area contributed by atoms with E-state index < -0.39 is 29.3 Å². The third-order valence-corrected chi connectivity index (χ3v) is 6.77. The SMILES string of the molecule is O=C1C[C@H](c2cccs2)CC2=C1[C@@H](c1ccc(OC(F)(F)F)cc1)c1c([nH]c(=O)[nH]c1=O)N2. The summed E-state index contributed by atoms with van der Waals surface area (Å²) in [6, 6.07) is 8.89. The number of H-pyrrole nitrogens is 2. The van der Waals surface area contributed by atoms with E-state index in [-0.39, 0.29) is 29.5 Å². The number of alkyl halides is 3. The Labute approximate surface area is 187 Å². The van der Waals surface area contributed by atoms with Crippen LogP contribution in [0.3, 0.4) is 0 Å². The van der Waals surface area contributed by atoms with Gasteiger partial charge in [-0.15, -0.1) is 24.5 Å². The number of ketones is 1. The van der Waals surface area contributed by atoms with E-state index in [4.69, 9.17) is 0 Å². The van der Waals surface area contributed by atoms with Crippen LogP contribution < -0.4 is 21.3 Å². The molecule has 0 unspecified atom stereocenters. The van der Waals surface area contributed by atoms with Gasteiger partial charge in [0, 0.05) is 34.4 Å². The Morgan fingerprint density at radius 1 is 1.00 bits per heavy atom. The molecule has 170 valence electrons. The molecular formula is C22H16F3N3O4S. The smallest absolute Gasteiger partial charge is 0.406 e. The lowest BCUT2D eigenvalue weighted by molar-refractivity contribution is -0.274. The van der Waals surface area contributed by atoms with Crippen LogP contribution in [-0.2, 0) is 4.79 Å². The van der Waals surface area contributed by atoms with Gasteiger partial charge in [-0.05, 0) is 35.6 Å². The molecule has 2 aromatic heterocycles. The minimum Gasteiger partial charge on any atom is -0.406 e. The van der Waals surface area contributed by atoms with E-state index >= 15 is 0 Å². The Balaban J connectivity index is 1.62. The average Bonchev–Trinajstić information content (AvgIpc) is 3.26. The molecule has 0 saturated heterocycles. The minimum absolute atomic E-state index is 0.0535. The van der Waals surface area contributed by atoms with Gasteiger partial charge in [0.2, 0.25) is 0 Å². The lowest BCUT2D eigenvalue weighted by atomic mass is 9.73. The van der Waals surface area contributed by atoms with Crippen LogP contribution >= 0.6 is 11.3 Å². The van der Waals surface area contributed by atoms with Crippen molar-refractivity contribution in [2.45, 2.75) is 31.0 Å². The molecule has 0 radical (unpaired) electrons. The van der Waals surface area contributed by atoms with Crippen molar-refractivity contribution >= 4 is 22.9 Å². The molecule has 2 aliphatic rings. The second-order valence-electron chi connectivity index (χ2n) is 7.81. The van der Waals surface area contributed by atoms with Crippen LogP contribution in [0.15, 0.2) is 62.6 Å². The maximum Gasteiger partial charge on any atom is 0.573 e. The second-order valence-corrected chi connectivity index (χ2v) is 8.79. The Hall–Kier alpha value is -3.60. The zero-order valence-electron chi connectivity index (χ0n) is 16.8. The van der Waals surface area contributed by atoms with Crippen LogP contribution in [-0.4, -0.2) is 22.1 Å². The van der Waals surface area contributed by atoms with Crippen LogP contribution in [0.4, 0.5) is 19.0 Å². The van der Waals surface area contributed by atoms with Crippen molar-refractivity contribution in [1.29, 1.82) is 0 Å². The summed E-state index contributed by atoms with van der Waals surface area (Å²) in [7, 11) is 0. The lowest BCUT2D eigenvalue weighted by Gasteiger charge is -2.35. The Morgan fingerprint density at radius 2 is 1.76 bits per heavy atom. The molecule has 0 spiro atoms. The molecule has 11 heteroatoms. The van der Waals surface area contributed by atoms with Gasteiger partial charge in [-0.2, -0.15) is 0 Å². The number of carbonyl (C=O) groups excluding carboxylic acids is 1. The van der Waals surface area contributed by atoms with Crippen molar-refractivity contribution in [2.24, 2.45) is 0 Å². The van der Waals surface area contributed by atoms with Crippen molar-refractivity contribution in [1.82, 2.24) is 9.97 Å². The molecule has 33 heavy (non-hydrogen) atoms. The summed E-state index contributed by atoms with van der Waals surface area (Å²) in [5.74, 6) is -1.32. The molecule has 0 fully saturated rings. The third kappa shape index (κ3) is 3.99. The van der Waals surface area contributed by atoms with Gasteiger partial charge < -0.3 is 10.1 Å². The van der Waals surface area contributed by atoms with Gasteiger partial charge in [0.05, 0.1) is 5.56 Å². The Kier molecular flexibility index (Phi) is 5.00. The number of aromatic amines is 2. The van der Waals surface area contributed by atoms with E-state index in [2.05, 4.69) is 20.0 Å². The van der Waals surface area contributed by atoms with Crippen molar-refractivity contribution in [3.63, 3.8) is 0 Å². The van der Waals surface area contributed by atoms with E-state index in [0.29, 0.717) is 23.3 Å². The van der Waals surface area contributed by atoms with Gasteiger partial charge in [0.15, 0.2) is 5.78 Å². The van der Waals surface area contributed by atoms with Crippen LogP contribution in [0.25, 0.3) is 0 Å². The highest BCUT2D eigenvalue weighted by atomic mass is 32.1. The number of benzene rings is 1. The van der Waals surface area contributed by atoms with Gasteiger partial charge in [0.1, 0.15) is 11.6 Å². The molecular weight excluding hydrogens is 459 g/mol. The molecule has 3 aromatic rings. The van der Waals surface area contributed by atoms with E-state index in [9.17, 15) is 27.6 Å². The standard InChI is InChI=1S/C22H16F3N3O4S/c23-22(24,25)32-12-5-3-10(4-6-12)16-17-13(26-19-18(16)20(30)28-21(31)27-19)8-11(9-14(17)29)15-2-1-7-33-15/h1-7,11,16H,8-9H2,(H3,26,27,28,30,31)/t11-,16-/m1/s1. The molecule has 3 heterocycles. The number of allylic oxidation sites excluding steroid dienone is 2. The first-order chi connectivity index (χ1) is 15.7. The largest absolute Gasteiger partial charge is 0.573 e. The van der Waals surface area contributed by atoms with Crippen molar-refractivity contribution < 1.29 is 22.7 Å². The lowest BCUT2D eigenvalue weighted by Crippen LogP contribution is -2.37. The predicted octanol–water partition coefficient (Wildman–Crippen LogP) is 3.98. The fraction of sp³-hybridized carbons (Fsp3) is 0.227. The number of halogens is 3. The minimum atomic E-state index is -4.84. The summed E-state index contributed by atoms with van der Waals surface area (Å²) >= 11 is 1.54. The van der Waals surface area contributed by atoms with Crippen molar-refractivity contribution in [3.8, 4) is 5.75 Å². The summed E-state index contributed by atoms with van der Waals surface area (Å²) in [6.45, 7) is 0. The molecule has 3 N–H and O–H groups in total. The van der Waals surface area contributed by atoms with Gasteiger partial charge >= 0.3 is 12.1 Å². The molecule has 1 aromatic carbocycles. The van der Waals surface area contributed by atoms with Crippen molar-refractivity contribution in [2.75, 3.05) is 5.32 Å². The van der Waals surface area contributed by atoms with E-state index in [1.54, 1.807) is 11.3 Å². The molecule has 0 bridgehead atoms. The number of aromatic nitrogens is 2. The summed E-state index contributed by atoms with van der Waals surface area (Å²) in [4.78, 5) is 43.7. The number of Topliss-reactive ketones (excluding diaryl/α,β-unsaturated/α-hetero) is 1. The summed E-state index contributed by atoms with van der Waals surface area (Å²) in [5, 5.41) is 4.99. The molecule has 0 saturated carbocycles. The Morgan fingerprint density at radius 3 is 2.42 bits per heavy atom.